The van der Waals surface area contributed by atoms with Gasteiger partial charge >= 0.3 is 35.8 Å². The highest BCUT2D eigenvalue weighted by molar-refractivity contribution is 5.81. The highest BCUT2D eigenvalue weighted by atomic mass is 16.6. The van der Waals surface area contributed by atoms with Crippen molar-refractivity contribution in [3.63, 3.8) is 0 Å². The lowest BCUT2D eigenvalue weighted by Crippen LogP contribution is -2.47. The van der Waals surface area contributed by atoms with Crippen LogP contribution in [0.25, 0.3) is 0 Å². The molecule has 0 radical (unpaired) electrons. The second-order valence-corrected chi connectivity index (χ2v) is 23.7. The summed E-state index contributed by atoms with van der Waals surface area (Å²) in [5.74, 6) is -2.85. The third kappa shape index (κ3) is 49.6. The highest BCUT2D eigenvalue weighted by Crippen LogP contribution is 2.28. The Labute approximate surface area is 495 Å². The maximum atomic E-state index is 13.5. The van der Waals surface area contributed by atoms with Crippen molar-refractivity contribution in [2.75, 3.05) is 52.9 Å². The summed E-state index contributed by atoms with van der Waals surface area (Å²) in [4.78, 5) is 80.1. The van der Waals surface area contributed by atoms with Crippen molar-refractivity contribution in [1.82, 2.24) is 0 Å². The smallest absolute Gasteiger partial charge is 0.330 e. The van der Waals surface area contributed by atoms with Crippen LogP contribution >= 0.6 is 0 Å². The third-order valence-corrected chi connectivity index (χ3v) is 15.4. The molecule has 0 N–H and O–H groups in total. The van der Waals surface area contributed by atoms with E-state index >= 15 is 0 Å². The lowest BCUT2D eigenvalue weighted by Gasteiger charge is -2.35. The predicted octanol–water partition coefficient (Wildman–Crippen LogP) is 18.1. The van der Waals surface area contributed by atoms with Gasteiger partial charge in [-0.3, -0.25) is 24.0 Å². The molecular weight excluding hydrogens is 1020 g/mol. The molecular formula is C68H124O13. The van der Waals surface area contributed by atoms with E-state index in [0.717, 1.165) is 102 Å². The third-order valence-electron chi connectivity index (χ3n) is 15.4. The molecule has 0 aliphatic rings. The maximum Gasteiger partial charge on any atom is 0.330 e. The quantitative estimate of drug-likeness (QED) is 0.0244. The van der Waals surface area contributed by atoms with E-state index in [4.69, 9.17) is 33.2 Å². The van der Waals surface area contributed by atoms with Crippen molar-refractivity contribution < 1.29 is 61.9 Å². The molecule has 0 aromatic rings. The summed E-state index contributed by atoms with van der Waals surface area (Å²) >= 11 is 0. The largest absolute Gasteiger partial charge is 0.465 e. The molecule has 0 unspecified atom stereocenters. The molecule has 0 bridgehead atoms. The second-order valence-electron chi connectivity index (χ2n) is 23.7. The van der Waals surface area contributed by atoms with Gasteiger partial charge in [0.1, 0.15) is 39.6 Å². The molecule has 0 aliphatic heterocycles. The van der Waals surface area contributed by atoms with Crippen molar-refractivity contribution in [3.05, 3.63) is 12.7 Å². The molecule has 0 rings (SSSR count). The van der Waals surface area contributed by atoms with E-state index < -0.39 is 46.6 Å². The van der Waals surface area contributed by atoms with Crippen LogP contribution in [-0.2, 0) is 61.9 Å². The minimum Gasteiger partial charge on any atom is -0.465 e. The number of unbranched alkanes of at least 4 members (excludes halogenated alkanes) is 35. The predicted molar refractivity (Wildman–Crippen MR) is 328 cm³/mol. The molecule has 0 fully saturated rings. The van der Waals surface area contributed by atoms with Gasteiger partial charge in [-0.1, -0.05) is 266 Å². The Morgan fingerprint density at radius 3 is 0.617 bits per heavy atom. The molecule has 81 heavy (non-hydrogen) atoms. The van der Waals surface area contributed by atoms with Crippen LogP contribution in [0.1, 0.15) is 324 Å². The number of rotatable bonds is 62. The van der Waals surface area contributed by atoms with Crippen molar-refractivity contribution in [2.45, 2.75) is 324 Å². The zero-order valence-corrected chi connectivity index (χ0v) is 53.1. The van der Waals surface area contributed by atoms with Crippen LogP contribution in [0, 0.1) is 10.8 Å². The van der Waals surface area contributed by atoms with E-state index in [2.05, 4.69) is 41.2 Å². The van der Waals surface area contributed by atoms with Gasteiger partial charge in [-0.2, -0.15) is 0 Å². The first-order valence-electron chi connectivity index (χ1n) is 33.6. The van der Waals surface area contributed by atoms with Gasteiger partial charge < -0.3 is 33.2 Å². The average molecular weight is 1150 g/mol. The summed E-state index contributed by atoms with van der Waals surface area (Å²) in [7, 11) is 0. The molecule has 0 aromatic heterocycles. The summed E-state index contributed by atoms with van der Waals surface area (Å²) in [5, 5.41) is 0. The van der Waals surface area contributed by atoms with Crippen LogP contribution in [0.15, 0.2) is 12.7 Å². The topological polar surface area (TPSA) is 167 Å². The van der Waals surface area contributed by atoms with Crippen LogP contribution in [0.5, 0.6) is 0 Å². The Morgan fingerprint density at radius 2 is 0.432 bits per heavy atom. The summed E-state index contributed by atoms with van der Waals surface area (Å²) in [6, 6.07) is 0. The SMILES string of the molecule is C=CC(=O)OCC(COCC(COC(=O)CCCCCCCCCC)(COC(=O)CCCCCCCCCC)COC(=O)CCCCCCCCCC)(COC(=O)CCCCCCCCCC)COC(=O)CCCCCCCCCC. The van der Waals surface area contributed by atoms with Gasteiger partial charge in [0.05, 0.1) is 24.0 Å². The Kier molecular flexibility index (Phi) is 54.5. The Balaban J connectivity index is 6.79. The number of ether oxygens (including phenoxy) is 7. The summed E-state index contributed by atoms with van der Waals surface area (Å²) in [6.45, 7) is 12.2. The Morgan fingerprint density at radius 1 is 0.259 bits per heavy atom. The molecule has 0 atom stereocenters. The van der Waals surface area contributed by atoms with Crippen molar-refractivity contribution in [3.8, 4) is 0 Å². The first kappa shape index (κ1) is 77.5. The van der Waals surface area contributed by atoms with Crippen LogP contribution in [0.3, 0.4) is 0 Å². The maximum absolute atomic E-state index is 13.5. The number of hydrogen-bond acceptors (Lipinski definition) is 13. The van der Waals surface area contributed by atoms with E-state index in [1.807, 2.05) is 0 Å². The van der Waals surface area contributed by atoms with Crippen molar-refractivity contribution >= 4 is 35.8 Å². The Bertz CT molecular complexity index is 1410. The lowest BCUT2D eigenvalue weighted by molar-refractivity contribution is -0.174. The van der Waals surface area contributed by atoms with E-state index in [1.54, 1.807) is 0 Å². The van der Waals surface area contributed by atoms with Crippen LogP contribution in [0.2, 0.25) is 0 Å². The van der Waals surface area contributed by atoms with E-state index in [1.165, 1.54) is 128 Å². The fraction of sp³-hybridized carbons (Fsp3) is 0.882. The first-order chi connectivity index (χ1) is 39.4. The summed E-state index contributed by atoms with van der Waals surface area (Å²) < 4.78 is 42.2. The molecule has 13 nitrogen and oxygen atoms in total. The average Bonchev–Trinajstić information content (AvgIpc) is 3.47. The molecule has 474 valence electrons. The molecule has 0 saturated carbocycles. The van der Waals surface area contributed by atoms with Gasteiger partial charge in [0.2, 0.25) is 0 Å². The molecule has 13 heteroatoms. The Hall–Kier alpha value is -3.48. The molecule has 0 heterocycles. The van der Waals surface area contributed by atoms with Gasteiger partial charge in [0.25, 0.3) is 0 Å². The van der Waals surface area contributed by atoms with Gasteiger partial charge in [-0.15, -0.1) is 0 Å². The van der Waals surface area contributed by atoms with Crippen LogP contribution in [-0.4, -0.2) is 88.7 Å². The lowest BCUT2D eigenvalue weighted by atomic mass is 9.90. The number of carbonyl (C=O) groups is 6. The van der Waals surface area contributed by atoms with Crippen molar-refractivity contribution in [1.29, 1.82) is 0 Å². The van der Waals surface area contributed by atoms with Crippen molar-refractivity contribution in [2.24, 2.45) is 10.8 Å². The van der Waals surface area contributed by atoms with Gasteiger partial charge in [-0.05, 0) is 32.1 Å². The van der Waals surface area contributed by atoms with Gasteiger partial charge in [-0.25, -0.2) is 4.79 Å². The zero-order valence-electron chi connectivity index (χ0n) is 53.1. The minimum atomic E-state index is -1.39. The van der Waals surface area contributed by atoms with Crippen LogP contribution < -0.4 is 0 Å². The number of esters is 6. The first-order valence-corrected chi connectivity index (χ1v) is 33.6. The normalized spacial score (nSPS) is 11.6. The summed E-state index contributed by atoms with van der Waals surface area (Å²) in [6.07, 6.45) is 44.6. The molecule has 0 spiro atoms. The zero-order chi connectivity index (χ0) is 59.6. The fourth-order valence-electron chi connectivity index (χ4n) is 9.81. The van der Waals surface area contributed by atoms with Gasteiger partial charge in [0, 0.05) is 38.2 Å². The number of hydrogen-bond donors (Lipinski definition) is 0. The molecule has 0 aliphatic carbocycles. The standard InChI is InChI=1S/C68H124O13/c1-7-13-18-23-28-33-38-43-48-62(70)77-56-67(55-76-61(69)12-6,57-78-63(71)49-44-39-34-29-24-19-14-8-2)53-75-54-68(58-79-64(72)50-45-40-35-30-25-20-15-9-3,59-80-65(73)51-46-41-36-31-26-21-16-10-4)60-81-66(74)52-47-42-37-32-27-22-17-11-5/h12H,6-11,13-60H2,1-5H3. The minimum absolute atomic E-state index is 0.193. The fourth-order valence-corrected chi connectivity index (χ4v) is 9.81. The highest BCUT2D eigenvalue weighted by Gasteiger charge is 2.41. The van der Waals surface area contributed by atoms with Gasteiger partial charge in [0.15, 0.2) is 0 Å². The second kappa shape index (κ2) is 57.0. The van der Waals surface area contributed by atoms with Crippen LogP contribution in [0.4, 0.5) is 0 Å². The van der Waals surface area contributed by atoms with E-state index in [9.17, 15) is 28.8 Å². The molecule has 0 saturated heterocycles. The van der Waals surface area contributed by atoms with E-state index in [0.29, 0.717) is 32.1 Å². The molecule has 0 aromatic carbocycles. The summed E-state index contributed by atoms with van der Waals surface area (Å²) in [5.41, 5.74) is -2.75. The molecule has 0 amide bonds. The number of carbonyl (C=O) groups excluding carboxylic acids is 6. The van der Waals surface area contributed by atoms with E-state index in [-0.39, 0.29) is 85.0 Å². The monoisotopic (exact) mass is 1150 g/mol.